The van der Waals surface area contributed by atoms with Gasteiger partial charge in [0, 0.05) is 12.1 Å². The van der Waals surface area contributed by atoms with Gasteiger partial charge >= 0.3 is 0 Å². The summed E-state index contributed by atoms with van der Waals surface area (Å²) in [6, 6.07) is 23.8. The molecule has 4 aromatic rings. The molecule has 1 nitrogen and oxygen atoms in total. The Morgan fingerprint density at radius 2 is 1.18 bits per heavy atom. The Hall–Kier alpha value is -2.67. The second kappa shape index (κ2) is 4.96. The first-order valence-corrected chi connectivity index (χ1v) is 7.62. The van der Waals surface area contributed by atoms with E-state index < -0.39 is 0 Å². The smallest absolute Gasteiger partial charge is 0.201 e. The molecule has 0 N–H and O–H groups in total. The van der Waals surface area contributed by atoms with Crippen molar-refractivity contribution >= 4 is 21.5 Å². The molecule has 0 unspecified atom stereocenters. The molecule has 0 spiro atoms. The topological polar surface area (TPSA) is 3.88 Å². The lowest BCUT2D eigenvalue weighted by molar-refractivity contribution is -0.660. The average molecular weight is 284 g/mol. The summed E-state index contributed by atoms with van der Waals surface area (Å²) in [6.07, 6.45) is 2.11. The van der Waals surface area contributed by atoms with Crippen LogP contribution in [0.3, 0.4) is 0 Å². The Bertz CT molecular complexity index is 999. The van der Waals surface area contributed by atoms with Gasteiger partial charge in [0.05, 0.1) is 5.56 Å². The van der Waals surface area contributed by atoms with E-state index in [1.165, 1.54) is 38.4 Å². The molecule has 4 rings (SSSR count). The summed E-state index contributed by atoms with van der Waals surface area (Å²) in [4.78, 5) is 0. The molecule has 0 radical (unpaired) electrons. The largest absolute Gasteiger partial charge is 0.213 e. The van der Waals surface area contributed by atoms with Crippen LogP contribution in [-0.2, 0) is 7.05 Å². The lowest BCUT2D eigenvalue weighted by atomic mass is 9.90. The van der Waals surface area contributed by atoms with E-state index in [4.69, 9.17) is 0 Å². The minimum Gasteiger partial charge on any atom is -0.201 e. The first-order valence-electron chi connectivity index (χ1n) is 7.62. The van der Waals surface area contributed by atoms with Crippen LogP contribution in [0.15, 0.2) is 72.9 Å². The van der Waals surface area contributed by atoms with Gasteiger partial charge in [-0.1, -0.05) is 48.5 Å². The fourth-order valence-corrected chi connectivity index (χ4v) is 3.43. The Kier molecular flexibility index (Phi) is 2.93. The van der Waals surface area contributed by atoms with Crippen molar-refractivity contribution in [3.8, 4) is 11.3 Å². The van der Waals surface area contributed by atoms with Crippen molar-refractivity contribution < 1.29 is 4.57 Å². The van der Waals surface area contributed by atoms with Crippen LogP contribution in [0, 0.1) is 6.92 Å². The van der Waals surface area contributed by atoms with Crippen LogP contribution in [0.25, 0.3) is 32.8 Å². The lowest BCUT2D eigenvalue weighted by Crippen LogP contribution is -2.30. The van der Waals surface area contributed by atoms with E-state index in [0.717, 1.165) is 0 Å². The highest BCUT2D eigenvalue weighted by molar-refractivity contribution is 6.15. The first kappa shape index (κ1) is 13.0. The standard InChI is InChI=1S/C21H18N/c1-15-16-9-3-4-10-17(16)18-11-5-6-12-19(18)21(15)20-13-7-8-14-22(20)2/h3-14H,1-2H3/q+1. The van der Waals surface area contributed by atoms with Gasteiger partial charge in [-0.15, -0.1) is 0 Å². The summed E-state index contributed by atoms with van der Waals surface area (Å²) in [7, 11) is 2.11. The third-order valence-electron chi connectivity index (χ3n) is 4.50. The van der Waals surface area contributed by atoms with Gasteiger partial charge in [0.25, 0.3) is 0 Å². The molecule has 1 aromatic heterocycles. The minimum absolute atomic E-state index is 1.25. The van der Waals surface area contributed by atoms with Gasteiger partial charge < -0.3 is 0 Å². The Morgan fingerprint density at radius 1 is 0.636 bits per heavy atom. The Morgan fingerprint density at radius 3 is 1.86 bits per heavy atom. The van der Waals surface area contributed by atoms with Crippen LogP contribution in [0.5, 0.6) is 0 Å². The summed E-state index contributed by atoms with van der Waals surface area (Å²) in [5.74, 6) is 0. The third-order valence-corrected chi connectivity index (χ3v) is 4.50. The van der Waals surface area contributed by atoms with Gasteiger partial charge in [0.2, 0.25) is 5.69 Å². The molecule has 22 heavy (non-hydrogen) atoms. The van der Waals surface area contributed by atoms with E-state index in [1.807, 2.05) is 0 Å². The van der Waals surface area contributed by atoms with Gasteiger partial charge in [-0.3, -0.25) is 0 Å². The molecule has 0 bridgehead atoms. The minimum atomic E-state index is 1.25. The van der Waals surface area contributed by atoms with Gasteiger partial charge in [-0.2, -0.15) is 0 Å². The fourth-order valence-electron chi connectivity index (χ4n) is 3.43. The summed E-state index contributed by atoms with van der Waals surface area (Å²) < 4.78 is 2.20. The first-order chi connectivity index (χ1) is 10.8. The maximum absolute atomic E-state index is 2.23. The van der Waals surface area contributed by atoms with E-state index in [1.54, 1.807) is 0 Å². The zero-order chi connectivity index (χ0) is 15.1. The van der Waals surface area contributed by atoms with Crippen molar-refractivity contribution in [3.05, 3.63) is 78.5 Å². The van der Waals surface area contributed by atoms with Crippen molar-refractivity contribution in [1.82, 2.24) is 0 Å². The van der Waals surface area contributed by atoms with Crippen LogP contribution in [-0.4, -0.2) is 0 Å². The molecule has 0 aliphatic carbocycles. The van der Waals surface area contributed by atoms with E-state index in [9.17, 15) is 0 Å². The summed E-state index contributed by atoms with van der Waals surface area (Å²) >= 11 is 0. The van der Waals surface area contributed by atoms with Crippen molar-refractivity contribution in [2.75, 3.05) is 0 Å². The lowest BCUT2D eigenvalue weighted by Gasteiger charge is -2.13. The molecule has 1 heterocycles. The van der Waals surface area contributed by atoms with Crippen LogP contribution < -0.4 is 4.57 Å². The molecule has 0 saturated carbocycles. The summed E-state index contributed by atoms with van der Waals surface area (Å²) in [6.45, 7) is 2.23. The predicted octanol–water partition coefficient (Wildman–Crippen LogP) is 4.79. The number of aryl methyl sites for hydroxylation is 2. The zero-order valence-electron chi connectivity index (χ0n) is 12.9. The highest BCUT2D eigenvalue weighted by atomic mass is 14.9. The number of pyridine rings is 1. The number of hydrogen-bond donors (Lipinski definition) is 0. The number of hydrogen-bond acceptors (Lipinski definition) is 0. The average Bonchev–Trinajstić information content (AvgIpc) is 2.57. The second-order valence-corrected chi connectivity index (χ2v) is 5.79. The summed E-state index contributed by atoms with van der Waals surface area (Å²) in [5, 5.41) is 5.31. The molecule has 3 aromatic carbocycles. The highest BCUT2D eigenvalue weighted by Crippen LogP contribution is 2.37. The summed E-state index contributed by atoms with van der Waals surface area (Å²) in [5.41, 5.74) is 3.93. The van der Waals surface area contributed by atoms with E-state index in [2.05, 4.69) is 91.5 Å². The van der Waals surface area contributed by atoms with Crippen molar-refractivity contribution in [2.45, 2.75) is 6.92 Å². The molecule has 1 heteroatoms. The number of aromatic nitrogens is 1. The van der Waals surface area contributed by atoms with Gasteiger partial charge in [-0.05, 0) is 40.1 Å². The van der Waals surface area contributed by atoms with Crippen molar-refractivity contribution in [1.29, 1.82) is 0 Å². The monoisotopic (exact) mass is 284 g/mol. The molecule has 106 valence electrons. The zero-order valence-corrected chi connectivity index (χ0v) is 12.9. The third kappa shape index (κ3) is 1.82. The van der Waals surface area contributed by atoms with E-state index in [0.29, 0.717) is 0 Å². The number of fused-ring (bicyclic) bond motifs is 3. The van der Waals surface area contributed by atoms with E-state index in [-0.39, 0.29) is 0 Å². The van der Waals surface area contributed by atoms with Crippen LogP contribution in [0.2, 0.25) is 0 Å². The highest BCUT2D eigenvalue weighted by Gasteiger charge is 2.18. The molecule has 0 saturated heterocycles. The van der Waals surface area contributed by atoms with Crippen molar-refractivity contribution in [2.24, 2.45) is 7.05 Å². The number of rotatable bonds is 1. The van der Waals surface area contributed by atoms with Crippen LogP contribution in [0.1, 0.15) is 5.56 Å². The molecule has 0 aliphatic rings. The quantitative estimate of drug-likeness (QED) is 0.349. The van der Waals surface area contributed by atoms with Crippen LogP contribution in [0.4, 0.5) is 0 Å². The number of benzene rings is 3. The normalized spacial score (nSPS) is 11.2. The van der Waals surface area contributed by atoms with Gasteiger partial charge in [0.1, 0.15) is 7.05 Å². The molecule has 0 atom stereocenters. The molecular weight excluding hydrogens is 266 g/mol. The van der Waals surface area contributed by atoms with E-state index >= 15 is 0 Å². The van der Waals surface area contributed by atoms with Crippen LogP contribution >= 0.6 is 0 Å². The number of nitrogens with zero attached hydrogens (tertiary/aromatic N) is 1. The molecular formula is C21H18N+. The molecule has 0 amide bonds. The maximum Gasteiger partial charge on any atom is 0.213 e. The van der Waals surface area contributed by atoms with Gasteiger partial charge in [0.15, 0.2) is 6.20 Å². The predicted molar refractivity (Wildman–Crippen MR) is 92.8 cm³/mol. The Balaban J connectivity index is 2.26. The Labute approximate surface area is 130 Å². The molecule has 0 fully saturated rings. The SMILES string of the molecule is Cc1c(-c2cccc[n+]2C)c2ccccc2c2ccccc12. The molecule has 0 aliphatic heterocycles. The maximum atomic E-state index is 2.23. The van der Waals surface area contributed by atoms with Gasteiger partial charge in [-0.25, -0.2) is 4.57 Å². The second-order valence-electron chi connectivity index (χ2n) is 5.79. The fraction of sp³-hybridized carbons (Fsp3) is 0.0952. The van der Waals surface area contributed by atoms with Crippen molar-refractivity contribution in [3.63, 3.8) is 0 Å².